The van der Waals surface area contributed by atoms with E-state index in [4.69, 9.17) is 0 Å². The van der Waals surface area contributed by atoms with Gasteiger partial charge >= 0.3 is 0 Å². The monoisotopic (exact) mass is 574 g/mol. The van der Waals surface area contributed by atoms with Crippen molar-refractivity contribution >= 4 is 45.5 Å². The number of carbonyl (C=O) groups excluding carboxylic acids is 1. The molecule has 0 atom stereocenters. The molecule has 0 aliphatic carbocycles. The number of aromatic nitrogens is 2. The molecule has 10 heteroatoms. The molecular formula is C31H25F3N4O2S. The Labute approximate surface area is 236 Å². The van der Waals surface area contributed by atoms with Crippen molar-refractivity contribution in [1.29, 1.82) is 0 Å². The van der Waals surface area contributed by atoms with Gasteiger partial charge in [0.2, 0.25) is 0 Å². The van der Waals surface area contributed by atoms with Crippen molar-refractivity contribution in [2.45, 2.75) is 13.0 Å². The van der Waals surface area contributed by atoms with Gasteiger partial charge in [-0.15, -0.1) is 11.3 Å². The molecule has 0 fully saturated rings. The average Bonchev–Trinajstić information content (AvgIpc) is 3.55. The number of hydrogen-bond donors (Lipinski definition) is 1. The van der Waals surface area contributed by atoms with Crippen molar-refractivity contribution in [3.8, 4) is 5.69 Å². The zero-order chi connectivity index (χ0) is 28.8. The largest absolute Gasteiger partial charge is 0.321 e. The molecule has 6 rings (SSSR count). The molecule has 1 aliphatic rings. The summed E-state index contributed by atoms with van der Waals surface area (Å²) >= 11 is 1.13. The number of amides is 1. The lowest BCUT2D eigenvalue weighted by atomic mass is 10.1. The van der Waals surface area contributed by atoms with Crippen LogP contribution in [-0.4, -0.2) is 40.6 Å². The van der Waals surface area contributed by atoms with Gasteiger partial charge in [0.05, 0.1) is 21.3 Å². The Bertz CT molecular complexity index is 2020. The Morgan fingerprint density at radius 1 is 0.976 bits per heavy atom. The Morgan fingerprint density at radius 2 is 1.76 bits per heavy atom. The highest BCUT2D eigenvalue weighted by molar-refractivity contribution is 7.07. The van der Waals surface area contributed by atoms with E-state index in [-0.39, 0.29) is 28.2 Å². The molecule has 0 unspecified atom stereocenters. The quantitative estimate of drug-likeness (QED) is 0.331. The van der Waals surface area contributed by atoms with E-state index < -0.39 is 17.5 Å². The molecule has 1 amide bonds. The number of para-hydroxylation sites is 1. The third-order valence-electron chi connectivity index (χ3n) is 7.03. The molecule has 1 aliphatic heterocycles. The van der Waals surface area contributed by atoms with Gasteiger partial charge in [-0.3, -0.25) is 14.2 Å². The zero-order valence-electron chi connectivity index (χ0n) is 22.2. The zero-order valence-corrected chi connectivity index (χ0v) is 23.1. The molecule has 3 heterocycles. The van der Waals surface area contributed by atoms with Crippen LogP contribution in [-0.2, 0) is 11.3 Å². The molecule has 208 valence electrons. The standard InChI is InChI=1S/C31H25F3N4O2S/c1-36(2)11-6-12-37-30(40)27(41-31(37)28-22-15-23(33)24(34)16-25(22)35-29(28)39)13-18-17-38(20-8-5-7-19(32)14-20)26-10-4-3-9-21(18)26/h3-5,7-10,13-17H,6,11-12H2,1-2H3,(H,35,39). The van der Waals surface area contributed by atoms with E-state index in [1.807, 2.05) is 54.0 Å². The Morgan fingerprint density at radius 3 is 2.54 bits per heavy atom. The van der Waals surface area contributed by atoms with Crippen LogP contribution in [0.25, 0.3) is 28.2 Å². The van der Waals surface area contributed by atoms with Crippen molar-refractivity contribution in [3.05, 3.63) is 115 Å². The summed E-state index contributed by atoms with van der Waals surface area (Å²) in [6, 6.07) is 15.8. The first kappa shape index (κ1) is 26.8. The van der Waals surface area contributed by atoms with Gasteiger partial charge in [-0.05, 0) is 63.5 Å². The summed E-state index contributed by atoms with van der Waals surface area (Å²) in [5.74, 6) is -3.03. The summed E-state index contributed by atoms with van der Waals surface area (Å²) in [4.78, 5) is 28.9. The molecule has 3 aromatic carbocycles. The number of rotatable bonds is 6. The number of nitrogens with one attached hydrogen (secondary N) is 1. The van der Waals surface area contributed by atoms with Crippen LogP contribution in [0.1, 0.15) is 17.5 Å². The number of fused-ring (bicyclic) bond motifs is 2. The average molecular weight is 575 g/mol. The maximum atomic E-state index is 14.2. The van der Waals surface area contributed by atoms with Crippen LogP contribution in [0.15, 0.2) is 71.7 Å². The first-order valence-electron chi connectivity index (χ1n) is 13.0. The fourth-order valence-electron chi connectivity index (χ4n) is 5.13. The van der Waals surface area contributed by atoms with E-state index in [1.54, 1.807) is 18.2 Å². The molecule has 6 nitrogen and oxygen atoms in total. The second kappa shape index (κ2) is 10.5. The van der Waals surface area contributed by atoms with Crippen molar-refractivity contribution in [3.63, 3.8) is 0 Å². The fourth-order valence-corrected chi connectivity index (χ4v) is 6.31. The van der Waals surface area contributed by atoms with E-state index in [0.717, 1.165) is 39.9 Å². The lowest BCUT2D eigenvalue weighted by Gasteiger charge is -2.09. The van der Waals surface area contributed by atoms with Gasteiger partial charge in [-0.25, -0.2) is 13.2 Å². The maximum Gasteiger partial charge on any atom is 0.269 e. The third-order valence-corrected chi connectivity index (χ3v) is 8.16. The number of halogens is 3. The number of benzene rings is 3. The predicted molar refractivity (Wildman–Crippen MR) is 155 cm³/mol. The molecule has 0 spiro atoms. The minimum absolute atomic E-state index is 0.132. The van der Waals surface area contributed by atoms with Crippen LogP contribution in [0.4, 0.5) is 18.9 Å². The van der Waals surface area contributed by atoms with Gasteiger partial charge in [-0.1, -0.05) is 24.3 Å². The van der Waals surface area contributed by atoms with E-state index in [2.05, 4.69) is 5.32 Å². The highest BCUT2D eigenvalue weighted by atomic mass is 32.1. The SMILES string of the molecule is CN(C)CCCn1c(=C2C(=O)Nc3cc(F)c(F)cc32)sc(=Cc2cn(-c3cccc(F)c3)c3ccccc23)c1=O. The van der Waals surface area contributed by atoms with Crippen molar-refractivity contribution in [2.24, 2.45) is 0 Å². The van der Waals surface area contributed by atoms with Crippen LogP contribution < -0.4 is 20.1 Å². The predicted octanol–water partition coefficient (Wildman–Crippen LogP) is 4.20. The van der Waals surface area contributed by atoms with Gasteiger partial charge in [0.1, 0.15) is 10.5 Å². The third kappa shape index (κ3) is 4.89. The summed E-state index contributed by atoms with van der Waals surface area (Å²) in [7, 11) is 3.86. The normalized spacial score (nSPS) is 14.8. The number of thiazole rings is 1. The topological polar surface area (TPSA) is 59.3 Å². The molecule has 2 aromatic heterocycles. The molecular weight excluding hydrogens is 549 g/mol. The van der Waals surface area contributed by atoms with Gasteiger partial charge in [0, 0.05) is 41.0 Å². The Hall–Kier alpha value is -4.41. The maximum absolute atomic E-state index is 14.2. The molecule has 5 aromatic rings. The molecule has 0 bridgehead atoms. The first-order chi connectivity index (χ1) is 19.7. The van der Waals surface area contributed by atoms with E-state index >= 15 is 0 Å². The van der Waals surface area contributed by atoms with Crippen LogP contribution in [0.2, 0.25) is 0 Å². The van der Waals surface area contributed by atoms with Gasteiger partial charge < -0.3 is 14.8 Å². The molecule has 1 N–H and O–H groups in total. The number of nitrogens with zero attached hydrogens (tertiary/aromatic N) is 3. The number of carbonyl (C=O) groups is 1. The van der Waals surface area contributed by atoms with E-state index in [9.17, 15) is 22.8 Å². The van der Waals surface area contributed by atoms with Crippen LogP contribution in [0.3, 0.4) is 0 Å². The summed E-state index contributed by atoms with van der Waals surface area (Å²) in [5.41, 5.74) is 2.43. The highest BCUT2D eigenvalue weighted by Crippen LogP contribution is 2.32. The Balaban J connectivity index is 1.59. The highest BCUT2D eigenvalue weighted by Gasteiger charge is 2.29. The van der Waals surface area contributed by atoms with Crippen LogP contribution >= 0.6 is 11.3 Å². The Kier molecular flexibility index (Phi) is 6.88. The summed E-state index contributed by atoms with van der Waals surface area (Å²) in [6.07, 6.45) is 4.24. The van der Waals surface area contributed by atoms with Gasteiger partial charge in [0.15, 0.2) is 11.6 Å². The lowest BCUT2D eigenvalue weighted by molar-refractivity contribution is -0.110. The second-order valence-corrected chi connectivity index (χ2v) is 11.2. The van der Waals surface area contributed by atoms with Crippen molar-refractivity contribution in [2.75, 3.05) is 26.0 Å². The van der Waals surface area contributed by atoms with E-state index in [1.165, 1.54) is 16.7 Å². The molecule has 0 saturated heterocycles. The molecule has 0 saturated carbocycles. The first-order valence-corrected chi connectivity index (χ1v) is 13.8. The fraction of sp³-hybridized carbons (Fsp3) is 0.161. The summed E-state index contributed by atoms with van der Waals surface area (Å²) in [6.45, 7) is 1.04. The lowest BCUT2D eigenvalue weighted by Crippen LogP contribution is -2.34. The minimum Gasteiger partial charge on any atom is -0.321 e. The number of anilines is 1. The van der Waals surface area contributed by atoms with E-state index in [0.29, 0.717) is 34.4 Å². The second-order valence-electron chi connectivity index (χ2n) is 10.1. The number of hydrogen-bond acceptors (Lipinski definition) is 4. The van der Waals surface area contributed by atoms with Crippen molar-refractivity contribution in [1.82, 2.24) is 14.0 Å². The molecule has 0 radical (unpaired) electrons. The van der Waals surface area contributed by atoms with Gasteiger partial charge in [-0.2, -0.15) is 0 Å². The molecule has 41 heavy (non-hydrogen) atoms. The van der Waals surface area contributed by atoms with Crippen LogP contribution in [0.5, 0.6) is 0 Å². The summed E-state index contributed by atoms with van der Waals surface area (Å²) < 4.78 is 46.4. The van der Waals surface area contributed by atoms with Crippen molar-refractivity contribution < 1.29 is 18.0 Å². The summed E-state index contributed by atoms with van der Waals surface area (Å²) in [5, 5.41) is 3.46. The minimum atomic E-state index is -1.08. The van der Waals surface area contributed by atoms with Crippen LogP contribution in [0, 0.1) is 17.5 Å². The van der Waals surface area contributed by atoms with Gasteiger partial charge in [0.25, 0.3) is 11.5 Å². The smallest absolute Gasteiger partial charge is 0.269 e.